The molecule has 0 bridgehead atoms. The minimum Gasteiger partial charge on any atom is -0.361 e. The smallest absolute Gasteiger partial charge is 0.183 e. The summed E-state index contributed by atoms with van der Waals surface area (Å²) in [6, 6.07) is 8.25. The molecule has 0 spiro atoms. The summed E-state index contributed by atoms with van der Waals surface area (Å²) in [5.74, 6) is 0.713. The molecule has 2 atom stereocenters. The summed E-state index contributed by atoms with van der Waals surface area (Å²) in [5, 5.41) is 4.86. The summed E-state index contributed by atoms with van der Waals surface area (Å²) < 4.78 is 1.25. The van der Waals surface area contributed by atoms with E-state index in [9.17, 15) is 0 Å². The van der Waals surface area contributed by atoms with Crippen molar-refractivity contribution >= 4 is 38.3 Å². The third-order valence-electron chi connectivity index (χ3n) is 3.31. The molecule has 2 nitrogen and oxygen atoms in total. The third-order valence-corrected chi connectivity index (χ3v) is 4.70. The number of alkyl halides is 1. The van der Waals surface area contributed by atoms with E-state index >= 15 is 0 Å². The van der Waals surface area contributed by atoms with Gasteiger partial charge in [0.1, 0.15) is 0 Å². The standard InChI is InChI=1S/C13H15ClN2S/c14-10-6-5-9(7-10)8-15-13-16-11-3-1-2-4-12(11)17-13/h1-4,9-10H,5-8H2,(H,15,16). The first kappa shape index (κ1) is 11.3. The molecule has 1 aliphatic rings. The number of halogens is 1. The largest absolute Gasteiger partial charge is 0.361 e. The lowest BCUT2D eigenvalue weighted by atomic mass is 10.1. The number of rotatable bonds is 3. The molecule has 1 aromatic heterocycles. The van der Waals surface area contributed by atoms with Gasteiger partial charge in [-0.05, 0) is 37.3 Å². The molecule has 0 aliphatic heterocycles. The van der Waals surface area contributed by atoms with Crippen molar-refractivity contribution in [1.82, 2.24) is 4.98 Å². The number of hydrogen-bond acceptors (Lipinski definition) is 3. The van der Waals surface area contributed by atoms with Gasteiger partial charge in [-0.25, -0.2) is 4.98 Å². The number of thiazole rings is 1. The zero-order valence-electron chi connectivity index (χ0n) is 9.53. The van der Waals surface area contributed by atoms with Crippen LogP contribution in [0.1, 0.15) is 19.3 Å². The van der Waals surface area contributed by atoms with Gasteiger partial charge in [0.15, 0.2) is 5.13 Å². The minimum atomic E-state index is 0.386. The van der Waals surface area contributed by atoms with Crippen LogP contribution >= 0.6 is 22.9 Å². The van der Waals surface area contributed by atoms with E-state index in [0.717, 1.165) is 30.0 Å². The highest BCUT2D eigenvalue weighted by molar-refractivity contribution is 7.22. The molecule has 90 valence electrons. The van der Waals surface area contributed by atoms with Crippen LogP contribution in [0.5, 0.6) is 0 Å². The van der Waals surface area contributed by atoms with E-state index in [1.54, 1.807) is 11.3 Å². The monoisotopic (exact) mass is 266 g/mol. The average molecular weight is 267 g/mol. The number of hydrogen-bond donors (Lipinski definition) is 1. The summed E-state index contributed by atoms with van der Waals surface area (Å²) in [6.45, 7) is 1.00. The van der Waals surface area contributed by atoms with E-state index in [1.807, 2.05) is 6.07 Å². The van der Waals surface area contributed by atoms with Crippen LogP contribution < -0.4 is 5.32 Å². The number of para-hydroxylation sites is 1. The predicted molar refractivity (Wildman–Crippen MR) is 75.1 cm³/mol. The van der Waals surface area contributed by atoms with E-state index in [-0.39, 0.29) is 0 Å². The maximum atomic E-state index is 6.11. The molecule has 1 saturated carbocycles. The molecule has 0 saturated heterocycles. The molecular formula is C13H15ClN2S. The summed E-state index contributed by atoms with van der Waals surface area (Å²) in [4.78, 5) is 4.57. The first-order chi connectivity index (χ1) is 8.31. The molecule has 3 rings (SSSR count). The topological polar surface area (TPSA) is 24.9 Å². The van der Waals surface area contributed by atoms with Gasteiger partial charge in [0.2, 0.25) is 0 Å². The van der Waals surface area contributed by atoms with Gasteiger partial charge in [0.25, 0.3) is 0 Å². The van der Waals surface area contributed by atoms with Crippen LogP contribution in [0.25, 0.3) is 10.2 Å². The minimum absolute atomic E-state index is 0.386. The first-order valence-electron chi connectivity index (χ1n) is 6.05. The molecule has 0 radical (unpaired) electrons. The molecule has 4 heteroatoms. The van der Waals surface area contributed by atoms with E-state index in [2.05, 4.69) is 28.5 Å². The molecule has 1 N–H and O–H groups in total. The highest BCUT2D eigenvalue weighted by Crippen LogP contribution is 2.31. The lowest BCUT2D eigenvalue weighted by Crippen LogP contribution is -2.11. The Hall–Kier alpha value is -0.800. The number of nitrogens with zero attached hydrogens (tertiary/aromatic N) is 1. The van der Waals surface area contributed by atoms with Crippen LogP contribution in [-0.2, 0) is 0 Å². The van der Waals surface area contributed by atoms with E-state index in [0.29, 0.717) is 11.3 Å². The lowest BCUT2D eigenvalue weighted by molar-refractivity contribution is 0.580. The van der Waals surface area contributed by atoms with Crippen molar-refractivity contribution in [3.8, 4) is 0 Å². The Morgan fingerprint density at radius 3 is 3.00 bits per heavy atom. The van der Waals surface area contributed by atoms with Gasteiger partial charge in [-0.1, -0.05) is 23.5 Å². The summed E-state index contributed by atoms with van der Waals surface area (Å²) in [7, 11) is 0. The van der Waals surface area contributed by atoms with Gasteiger partial charge >= 0.3 is 0 Å². The van der Waals surface area contributed by atoms with E-state index < -0.39 is 0 Å². The summed E-state index contributed by atoms with van der Waals surface area (Å²) >= 11 is 7.84. The number of nitrogens with one attached hydrogen (secondary N) is 1. The molecule has 2 unspecified atom stereocenters. The Morgan fingerprint density at radius 2 is 2.24 bits per heavy atom. The summed E-state index contributed by atoms with van der Waals surface area (Å²) in [5.41, 5.74) is 1.08. The van der Waals surface area contributed by atoms with Gasteiger partial charge in [-0.15, -0.1) is 11.6 Å². The number of anilines is 1. The van der Waals surface area contributed by atoms with Gasteiger partial charge in [0.05, 0.1) is 10.2 Å². The van der Waals surface area contributed by atoms with Crippen molar-refractivity contribution < 1.29 is 0 Å². The summed E-state index contributed by atoms with van der Waals surface area (Å²) in [6.07, 6.45) is 3.54. The zero-order chi connectivity index (χ0) is 11.7. The number of fused-ring (bicyclic) bond motifs is 1. The lowest BCUT2D eigenvalue weighted by Gasteiger charge is -2.09. The molecule has 1 fully saturated rings. The van der Waals surface area contributed by atoms with Crippen molar-refractivity contribution in [1.29, 1.82) is 0 Å². The fourth-order valence-electron chi connectivity index (χ4n) is 2.38. The molecule has 1 aliphatic carbocycles. The SMILES string of the molecule is ClC1CCC(CNc2nc3ccccc3s2)C1. The first-order valence-corrected chi connectivity index (χ1v) is 7.30. The third kappa shape index (κ3) is 2.55. The van der Waals surface area contributed by atoms with Crippen molar-refractivity contribution in [2.24, 2.45) is 5.92 Å². The van der Waals surface area contributed by atoms with Crippen LogP contribution in [0.15, 0.2) is 24.3 Å². The van der Waals surface area contributed by atoms with Crippen LogP contribution in [-0.4, -0.2) is 16.9 Å². The van der Waals surface area contributed by atoms with Gasteiger partial charge in [-0.3, -0.25) is 0 Å². The second-order valence-electron chi connectivity index (χ2n) is 4.64. The van der Waals surface area contributed by atoms with Crippen LogP contribution in [0.3, 0.4) is 0 Å². The maximum absolute atomic E-state index is 6.11. The van der Waals surface area contributed by atoms with Crippen LogP contribution in [0.2, 0.25) is 0 Å². The Labute approximate surface area is 110 Å². The second-order valence-corrected chi connectivity index (χ2v) is 6.29. The highest BCUT2D eigenvalue weighted by Gasteiger charge is 2.22. The van der Waals surface area contributed by atoms with Crippen LogP contribution in [0.4, 0.5) is 5.13 Å². The zero-order valence-corrected chi connectivity index (χ0v) is 11.1. The molecule has 1 aromatic carbocycles. The van der Waals surface area contributed by atoms with Gasteiger partial charge < -0.3 is 5.32 Å². The molecular weight excluding hydrogens is 252 g/mol. The maximum Gasteiger partial charge on any atom is 0.183 e. The molecule has 17 heavy (non-hydrogen) atoms. The average Bonchev–Trinajstić information content (AvgIpc) is 2.91. The molecule has 1 heterocycles. The molecule has 2 aromatic rings. The Balaban J connectivity index is 1.65. The fraction of sp³-hybridized carbons (Fsp3) is 0.462. The van der Waals surface area contributed by atoms with Gasteiger partial charge in [-0.2, -0.15) is 0 Å². The Kier molecular flexibility index (Phi) is 3.21. The Bertz CT molecular complexity index is 478. The van der Waals surface area contributed by atoms with E-state index in [4.69, 9.17) is 11.6 Å². The van der Waals surface area contributed by atoms with E-state index in [1.165, 1.54) is 11.1 Å². The van der Waals surface area contributed by atoms with Crippen molar-refractivity contribution in [2.45, 2.75) is 24.6 Å². The fourth-order valence-corrected chi connectivity index (χ4v) is 3.63. The second kappa shape index (κ2) is 4.83. The predicted octanol–water partition coefficient (Wildman–Crippen LogP) is 4.12. The molecule has 0 amide bonds. The van der Waals surface area contributed by atoms with Crippen molar-refractivity contribution in [2.75, 3.05) is 11.9 Å². The number of aromatic nitrogens is 1. The van der Waals surface area contributed by atoms with Crippen molar-refractivity contribution in [3.05, 3.63) is 24.3 Å². The Morgan fingerprint density at radius 1 is 1.35 bits per heavy atom. The quantitative estimate of drug-likeness (QED) is 0.846. The highest BCUT2D eigenvalue weighted by atomic mass is 35.5. The normalized spacial score (nSPS) is 24.3. The van der Waals surface area contributed by atoms with Crippen LogP contribution in [0, 0.1) is 5.92 Å². The number of benzene rings is 1. The van der Waals surface area contributed by atoms with Crippen molar-refractivity contribution in [3.63, 3.8) is 0 Å². The van der Waals surface area contributed by atoms with Gasteiger partial charge in [0, 0.05) is 11.9 Å².